The Balaban J connectivity index is 2.12. The SMILES string of the molecule is CN(C)S(=O)(=O)c1cc(C(=O)O)c(OC2CCCC2)cc1NCCCCCCCC(F)(F)F. The van der Waals surface area contributed by atoms with Crippen LogP contribution in [-0.4, -0.2) is 56.7 Å². The summed E-state index contributed by atoms with van der Waals surface area (Å²) >= 11 is 0. The first-order valence-corrected chi connectivity index (χ1v) is 12.7. The van der Waals surface area contributed by atoms with E-state index in [4.69, 9.17) is 4.74 Å². The van der Waals surface area contributed by atoms with Crippen LogP contribution in [0.2, 0.25) is 0 Å². The number of halogens is 3. The quantitative estimate of drug-likeness (QED) is 0.363. The fraction of sp³-hybridized carbons (Fsp3) is 0.682. The third kappa shape index (κ3) is 8.37. The van der Waals surface area contributed by atoms with Gasteiger partial charge in [0.2, 0.25) is 10.0 Å². The molecule has 0 saturated heterocycles. The maximum absolute atomic E-state index is 12.8. The van der Waals surface area contributed by atoms with Crippen LogP contribution in [0.4, 0.5) is 18.9 Å². The van der Waals surface area contributed by atoms with Crippen molar-refractivity contribution in [1.29, 1.82) is 0 Å². The highest BCUT2D eigenvalue weighted by atomic mass is 32.2. The summed E-state index contributed by atoms with van der Waals surface area (Å²) in [5.41, 5.74) is 0.0382. The van der Waals surface area contributed by atoms with Crippen LogP contribution in [0.5, 0.6) is 5.75 Å². The van der Waals surface area contributed by atoms with Crippen LogP contribution < -0.4 is 10.1 Å². The van der Waals surface area contributed by atoms with Crippen molar-refractivity contribution in [3.05, 3.63) is 17.7 Å². The van der Waals surface area contributed by atoms with E-state index in [0.717, 1.165) is 36.1 Å². The molecule has 0 aliphatic heterocycles. The van der Waals surface area contributed by atoms with E-state index < -0.39 is 28.6 Å². The lowest BCUT2D eigenvalue weighted by Gasteiger charge is -2.21. The minimum absolute atomic E-state index is 0.0979. The monoisotopic (exact) mass is 494 g/mol. The number of carboxylic acid groups (broad SMARTS) is 1. The molecule has 0 amide bonds. The first-order valence-electron chi connectivity index (χ1n) is 11.2. The number of hydrogen-bond donors (Lipinski definition) is 2. The summed E-state index contributed by atoms with van der Waals surface area (Å²) < 4.78 is 69.2. The molecule has 1 aromatic carbocycles. The van der Waals surface area contributed by atoms with Crippen LogP contribution in [0.15, 0.2) is 17.0 Å². The highest BCUT2D eigenvalue weighted by Gasteiger charge is 2.28. The number of hydrogen-bond acceptors (Lipinski definition) is 5. The number of unbranched alkanes of at least 4 members (excludes halogenated alkanes) is 4. The van der Waals surface area contributed by atoms with Crippen LogP contribution in [0.25, 0.3) is 0 Å². The number of sulfonamides is 1. The van der Waals surface area contributed by atoms with Gasteiger partial charge in [0.25, 0.3) is 0 Å². The fourth-order valence-electron chi connectivity index (χ4n) is 3.76. The van der Waals surface area contributed by atoms with E-state index in [-0.39, 0.29) is 34.4 Å². The Morgan fingerprint density at radius 1 is 1.12 bits per heavy atom. The van der Waals surface area contributed by atoms with Gasteiger partial charge in [0, 0.05) is 33.1 Å². The molecule has 7 nitrogen and oxygen atoms in total. The van der Waals surface area contributed by atoms with Gasteiger partial charge in [-0.2, -0.15) is 13.2 Å². The van der Waals surface area contributed by atoms with Crippen molar-refractivity contribution in [3.8, 4) is 5.75 Å². The average Bonchev–Trinajstić information content (AvgIpc) is 3.21. The van der Waals surface area contributed by atoms with Crippen molar-refractivity contribution < 1.29 is 36.2 Å². The van der Waals surface area contributed by atoms with Gasteiger partial charge in [-0.25, -0.2) is 17.5 Å². The van der Waals surface area contributed by atoms with E-state index in [1.54, 1.807) is 0 Å². The van der Waals surface area contributed by atoms with Gasteiger partial charge in [-0.1, -0.05) is 19.3 Å². The predicted molar refractivity (Wildman–Crippen MR) is 119 cm³/mol. The second-order valence-corrected chi connectivity index (χ2v) is 10.6. The zero-order valence-electron chi connectivity index (χ0n) is 19.1. The molecule has 1 fully saturated rings. The Kier molecular flexibility index (Phi) is 9.84. The number of alkyl halides is 3. The molecular formula is C22H33F3N2O5S. The zero-order valence-corrected chi connectivity index (χ0v) is 19.9. The molecule has 0 atom stereocenters. The Bertz CT molecular complexity index is 898. The van der Waals surface area contributed by atoms with Crippen molar-refractivity contribution in [2.24, 2.45) is 0 Å². The Labute approximate surface area is 193 Å². The van der Waals surface area contributed by atoms with Crippen LogP contribution in [0, 0.1) is 0 Å². The minimum atomic E-state index is -4.13. The first-order chi connectivity index (χ1) is 15.4. The Hall–Kier alpha value is -2.01. The van der Waals surface area contributed by atoms with Gasteiger partial charge in [-0.05, 0) is 44.6 Å². The Morgan fingerprint density at radius 3 is 2.30 bits per heavy atom. The lowest BCUT2D eigenvalue weighted by Crippen LogP contribution is -2.24. The Morgan fingerprint density at radius 2 is 1.73 bits per heavy atom. The van der Waals surface area contributed by atoms with Gasteiger partial charge in [0.1, 0.15) is 16.2 Å². The third-order valence-electron chi connectivity index (χ3n) is 5.62. The standard InChI is InChI=1S/C22H33F3N2O5S/c1-27(2)33(30,31)20-14-17(21(28)29)19(32-16-10-6-7-11-16)15-18(20)26-13-9-5-3-4-8-12-22(23,24)25/h14-16,26H,3-13H2,1-2H3,(H,28,29). The lowest BCUT2D eigenvalue weighted by molar-refractivity contribution is -0.135. The maximum atomic E-state index is 12.8. The molecule has 0 heterocycles. The predicted octanol–water partition coefficient (Wildman–Crippen LogP) is 5.27. The summed E-state index contributed by atoms with van der Waals surface area (Å²) in [6, 6.07) is 2.56. The number of carboxylic acids is 1. The molecule has 2 rings (SSSR count). The molecule has 1 saturated carbocycles. The summed E-state index contributed by atoms with van der Waals surface area (Å²) in [6.45, 7) is 0.393. The van der Waals surface area contributed by atoms with E-state index in [1.807, 2.05) is 0 Å². The third-order valence-corrected chi connectivity index (χ3v) is 7.47. The summed E-state index contributed by atoms with van der Waals surface area (Å²) in [6.07, 6.45) is 1.15. The molecule has 33 heavy (non-hydrogen) atoms. The van der Waals surface area contributed by atoms with E-state index in [9.17, 15) is 31.5 Å². The first kappa shape index (κ1) is 27.2. The highest BCUT2D eigenvalue weighted by molar-refractivity contribution is 7.89. The van der Waals surface area contributed by atoms with Gasteiger partial charge >= 0.3 is 12.1 Å². The van der Waals surface area contributed by atoms with E-state index in [1.165, 1.54) is 20.2 Å². The number of benzene rings is 1. The molecule has 11 heteroatoms. The second-order valence-electron chi connectivity index (χ2n) is 8.52. The number of nitrogens with one attached hydrogen (secondary N) is 1. The fourth-order valence-corrected chi connectivity index (χ4v) is 4.83. The average molecular weight is 495 g/mol. The van der Waals surface area contributed by atoms with Crippen LogP contribution in [0.1, 0.15) is 74.6 Å². The molecule has 1 aliphatic rings. The summed E-state index contributed by atoms with van der Waals surface area (Å²) in [5.74, 6) is -1.15. The molecule has 0 radical (unpaired) electrons. The van der Waals surface area contributed by atoms with Crippen molar-refractivity contribution in [1.82, 2.24) is 4.31 Å². The van der Waals surface area contributed by atoms with Crippen molar-refractivity contribution in [2.75, 3.05) is 26.0 Å². The van der Waals surface area contributed by atoms with Gasteiger partial charge in [0.05, 0.1) is 11.8 Å². The number of anilines is 1. The summed E-state index contributed by atoms with van der Waals surface area (Å²) in [5, 5.41) is 12.7. The largest absolute Gasteiger partial charge is 0.489 e. The van der Waals surface area contributed by atoms with Crippen LogP contribution in [-0.2, 0) is 10.0 Å². The molecule has 1 aromatic rings. The molecule has 0 aromatic heterocycles. The van der Waals surface area contributed by atoms with E-state index in [0.29, 0.717) is 32.2 Å². The second kappa shape index (κ2) is 11.9. The number of ether oxygens (including phenoxy) is 1. The number of nitrogens with zero attached hydrogens (tertiary/aromatic N) is 1. The van der Waals surface area contributed by atoms with Gasteiger partial charge in [-0.3, -0.25) is 0 Å². The van der Waals surface area contributed by atoms with Gasteiger partial charge in [0.15, 0.2) is 0 Å². The lowest BCUT2D eigenvalue weighted by atomic mass is 10.1. The van der Waals surface area contributed by atoms with Gasteiger partial charge < -0.3 is 15.2 Å². The number of carbonyl (C=O) groups is 1. The molecule has 0 spiro atoms. The van der Waals surface area contributed by atoms with Gasteiger partial charge in [-0.15, -0.1) is 0 Å². The topological polar surface area (TPSA) is 95.9 Å². The maximum Gasteiger partial charge on any atom is 0.389 e. The summed E-state index contributed by atoms with van der Waals surface area (Å²) in [4.78, 5) is 11.7. The molecule has 2 N–H and O–H groups in total. The smallest absolute Gasteiger partial charge is 0.389 e. The number of aromatic carboxylic acids is 1. The van der Waals surface area contributed by atoms with E-state index in [2.05, 4.69) is 5.32 Å². The van der Waals surface area contributed by atoms with E-state index >= 15 is 0 Å². The van der Waals surface area contributed by atoms with Crippen LogP contribution >= 0.6 is 0 Å². The summed E-state index contributed by atoms with van der Waals surface area (Å²) in [7, 11) is -1.20. The number of rotatable bonds is 13. The highest BCUT2D eigenvalue weighted by Crippen LogP contribution is 2.34. The van der Waals surface area contributed by atoms with Crippen molar-refractivity contribution in [3.63, 3.8) is 0 Å². The zero-order chi connectivity index (χ0) is 24.6. The minimum Gasteiger partial charge on any atom is -0.489 e. The normalized spacial score (nSPS) is 15.2. The molecule has 188 valence electrons. The van der Waals surface area contributed by atoms with Crippen molar-refractivity contribution >= 4 is 21.7 Å². The molecule has 1 aliphatic carbocycles. The molecule has 0 unspecified atom stereocenters. The van der Waals surface area contributed by atoms with Crippen molar-refractivity contribution in [2.45, 2.75) is 81.4 Å². The molecule has 0 bridgehead atoms. The molecular weight excluding hydrogens is 461 g/mol. The van der Waals surface area contributed by atoms with Crippen LogP contribution in [0.3, 0.4) is 0 Å².